The van der Waals surface area contributed by atoms with Crippen LogP contribution in [0, 0.1) is 0 Å². The van der Waals surface area contributed by atoms with Gasteiger partial charge < -0.3 is 5.73 Å². The maximum absolute atomic E-state index is 12.0. The van der Waals surface area contributed by atoms with Gasteiger partial charge in [0.1, 0.15) is 5.82 Å². The maximum atomic E-state index is 12.0. The zero-order valence-electron chi connectivity index (χ0n) is 11.5. The van der Waals surface area contributed by atoms with Gasteiger partial charge in [-0.3, -0.25) is 4.57 Å². The molecule has 0 unspecified atom stereocenters. The molecule has 106 valence electrons. The molecule has 1 aromatic carbocycles. The van der Waals surface area contributed by atoms with Crippen molar-refractivity contribution < 1.29 is 0 Å². The molecule has 1 aliphatic carbocycles. The smallest absolute Gasteiger partial charge is 0.343 e. The Hall–Kier alpha value is -2.04. The van der Waals surface area contributed by atoms with Crippen LogP contribution in [-0.2, 0) is 6.42 Å². The molecule has 1 aromatic heterocycles. The lowest BCUT2D eigenvalue weighted by Gasteiger charge is -2.23. The average molecular weight is 272 g/mol. The van der Waals surface area contributed by atoms with Crippen LogP contribution in [0.3, 0.4) is 0 Å². The van der Waals surface area contributed by atoms with E-state index in [4.69, 9.17) is 5.73 Å². The molecule has 3 N–H and O–H groups in total. The fourth-order valence-electron chi connectivity index (χ4n) is 3.00. The van der Waals surface area contributed by atoms with Gasteiger partial charge in [0.25, 0.3) is 0 Å². The minimum absolute atomic E-state index is 0.0812. The summed E-state index contributed by atoms with van der Waals surface area (Å²) in [6.07, 6.45) is 6.49. The quantitative estimate of drug-likeness (QED) is 0.841. The minimum atomic E-state index is -0.0812. The summed E-state index contributed by atoms with van der Waals surface area (Å²) in [5, 5.41) is 6.80. The van der Waals surface area contributed by atoms with Crippen molar-refractivity contribution in [2.45, 2.75) is 44.6 Å². The number of benzene rings is 1. The van der Waals surface area contributed by atoms with Gasteiger partial charge in [-0.05, 0) is 30.5 Å². The number of hydrogen-bond acceptors (Lipinski definition) is 3. The maximum Gasteiger partial charge on any atom is 0.343 e. The zero-order chi connectivity index (χ0) is 13.9. The van der Waals surface area contributed by atoms with E-state index in [1.807, 2.05) is 28.8 Å². The summed E-state index contributed by atoms with van der Waals surface area (Å²) in [4.78, 5) is 12.0. The highest BCUT2D eigenvalue weighted by Gasteiger charge is 2.20. The zero-order valence-corrected chi connectivity index (χ0v) is 11.5. The van der Waals surface area contributed by atoms with Gasteiger partial charge in [0.2, 0.25) is 0 Å². The lowest BCUT2D eigenvalue weighted by atomic mass is 9.95. The molecular weight excluding hydrogens is 252 g/mol. The van der Waals surface area contributed by atoms with E-state index in [-0.39, 0.29) is 5.69 Å². The number of nitrogens with two attached hydrogens (primary N) is 1. The summed E-state index contributed by atoms with van der Waals surface area (Å²) in [5.74, 6) is 0.826. The van der Waals surface area contributed by atoms with E-state index in [0.29, 0.717) is 12.5 Å². The Kier molecular flexibility index (Phi) is 3.58. The third-order valence-corrected chi connectivity index (χ3v) is 4.06. The van der Waals surface area contributed by atoms with Crippen LogP contribution < -0.4 is 11.4 Å². The Morgan fingerprint density at radius 2 is 1.90 bits per heavy atom. The Morgan fingerprint density at radius 3 is 2.60 bits per heavy atom. The number of anilines is 1. The third kappa shape index (κ3) is 2.61. The number of nitrogens with one attached hydrogen (secondary N) is 1. The molecule has 0 saturated heterocycles. The van der Waals surface area contributed by atoms with E-state index in [1.54, 1.807) is 0 Å². The van der Waals surface area contributed by atoms with Crippen LogP contribution >= 0.6 is 0 Å². The second-order valence-corrected chi connectivity index (χ2v) is 5.53. The van der Waals surface area contributed by atoms with Crippen molar-refractivity contribution in [2.75, 3.05) is 5.73 Å². The Morgan fingerprint density at radius 1 is 1.20 bits per heavy atom. The van der Waals surface area contributed by atoms with E-state index in [2.05, 4.69) is 10.2 Å². The number of aromatic amines is 1. The van der Waals surface area contributed by atoms with Crippen molar-refractivity contribution in [3.05, 3.63) is 46.1 Å². The van der Waals surface area contributed by atoms with E-state index in [9.17, 15) is 4.79 Å². The number of H-pyrrole nitrogens is 1. The van der Waals surface area contributed by atoms with Crippen LogP contribution in [0.1, 0.15) is 49.5 Å². The first-order valence-corrected chi connectivity index (χ1v) is 7.24. The molecule has 3 rings (SSSR count). The predicted molar refractivity (Wildman–Crippen MR) is 78.6 cm³/mol. The molecule has 5 heteroatoms. The van der Waals surface area contributed by atoms with Crippen molar-refractivity contribution in [1.82, 2.24) is 14.8 Å². The molecule has 0 atom stereocenters. The molecule has 1 fully saturated rings. The number of nitrogens with zero attached hydrogens (tertiary/aromatic N) is 2. The van der Waals surface area contributed by atoms with Gasteiger partial charge in [0.15, 0.2) is 0 Å². The number of nitrogen functional groups attached to an aromatic ring is 1. The third-order valence-electron chi connectivity index (χ3n) is 4.06. The second kappa shape index (κ2) is 5.53. The van der Waals surface area contributed by atoms with Crippen LogP contribution in [0.25, 0.3) is 0 Å². The predicted octanol–water partition coefficient (Wildman–Crippen LogP) is 2.25. The van der Waals surface area contributed by atoms with Gasteiger partial charge in [-0.15, -0.1) is 0 Å². The highest BCUT2D eigenvalue weighted by Crippen LogP contribution is 2.28. The summed E-state index contributed by atoms with van der Waals surface area (Å²) in [6, 6.07) is 8.04. The molecule has 0 bridgehead atoms. The first-order valence-electron chi connectivity index (χ1n) is 7.24. The van der Waals surface area contributed by atoms with Gasteiger partial charge >= 0.3 is 5.69 Å². The molecular formula is C15H20N4O. The Balaban J connectivity index is 1.86. The summed E-state index contributed by atoms with van der Waals surface area (Å²) < 4.78 is 1.86. The highest BCUT2D eigenvalue weighted by atomic mass is 16.1. The number of rotatable bonds is 3. The van der Waals surface area contributed by atoms with Crippen molar-refractivity contribution in [1.29, 1.82) is 0 Å². The van der Waals surface area contributed by atoms with Crippen molar-refractivity contribution in [3.63, 3.8) is 0 Å². The van der Waals surface area contributed by atoms with Crippen molar-refractivity contribution in [2.24, 2.45) is 0 Å². The topological polar surface area (TPSA) is 76.7 Å². The Labute approximate surface area is 117 Å². The molecule has 0 spiro atoms. The van der Waals surface area contributed by atoms with E-state index >= 15 is 0 Å². The van der Waals surface area contributed by atoms with E-state index < -0.39 is 0 Å². The molecule has 0 amide bonds. The van der Waals surface area contributed by atoms with Gasteiger partial charge in [-0.2, -0.15) is 5.10 Å². The molecule has 0 radical (unpaired) electrons. The average Bonchev–Trinajstić information content (AvgIpc) is 2.83. The van der Waals surface area contributed by atoms with E-state index in [0.717, 1.165) is 29.9 Å². The van der Waals surface area contributed by atoms with Crippen molar-refractivity contribution >= 4 is 5.69 Å². The fourth-order valence-corrected chi connectivity index (χ4v) is 3.00. The summed E-state index contributed by atoms with van der Waals surface area (Å²) in [7, 11) is 0. The summed E-state index contributed by atoms with van der Waals surface area (Å²) in [5.41, 5.74) is 7.48. The molecule has 1 saturated carbocycles. The molecule has 1 heterocycles. The Bertz CT molecular complexity index is 620. The highest BCUT2D eigenvalue weighted by molar-refractivity contribution is 5.39. The van der Waals surface area contributed by atoms with Crippen LogP contribution in [-0.4, -0.2) is 14.8 Å². The monoisotopic (exact) mass is 272 g/mol. The molecule has 5 nitrogen and oxygen atoms in total. The van der Waals surface area contributed by atoms with Crippen LogP contribution in [0.5, 0.6) is 0 Å². The van der Waals surface area contributed by atoms with Gasteiger partial charge in [-0.1, -0.05) is 31.4 Å². The summed E-state index contributed by atoms with van der Waals surface area (Å²) in [6.45, 7) is 0. The number of hydrogen-bond donors (Lipinski definition) is 2. The summed E-state index contributed by atoms with van der Waals surface area (Å²) >= 11 is 0. The van der Waals surface area contributed by atoms with Gasteiger partial charge in [0.05, 0.1) is 0 Å². The minimum Gasteiger partial charge on any atom is -0.399 e. The molecule has 20 heavy (non-hydrogen) atoms. The van der Waals surface area contributed by atoms with Crippen LogP contribution in [0.2, 0.25) is 0 Å². The standard InChI is InChI=1S/C15H20N4O/c16-12-8-6-11(7-9-12)10-14-17-18-15(20)19(14)13-4-2-1-3-5-13/h6-9,13H,1-5,10,16H2,(H,18,20). The normalized spacial score (nSPS) is 16.4. The SMILES string of the molecule is Nc1ccc(Cc2n[nH]c(=O)n2C2CCCCC2)cc1. The lowest BCUT2D eigenvalue weighted by molar-refractivity contribution is 0.340. The first kappa shape index (κ1) is 13.0. The van der Waals surface area contributed by atoms with Crippen molar-refractivity contribution in [3.8, 4) is 0 Å². The second-order valence-electron chi connectivity index (χ2n) is 5.53. The fraction of sp³-hybridized carbons (Fsp3) is 0.467. The van der Waals surface area contributed by atoms with Crippen LogP contribution in [0.4, 0.5) is 5.69 Å². The molecule has 0 aliphatic heterocycles. The number of aromatic nitrogens is 3. The van der Waals surface area contributed by atoms with Gasteiger partial charge in [-0.25, -0.2) is 9.89 Å². The van der Waals surface area contributed by atoms with Gasteiger partial charge in [0, 0.05) is 18.2 Å². The van der Waals surface area contributed by atoms with E-state index in [1.165, 1.54) is 19.3 Å². The largest absolute Gasteiger partial charge is 0.399 e. The molecule has 2 aromatic rings. The lowest BCUT2D eigenvalue weighted by Crippen LogP contribution is -2.26. The van der Waals surface area contributed by atoms with Crippen LogP contribution in [0.15, 0.2) is 29.1 Å². The molecule has 1 aliphatic rings. The first-order chi connectivity index (χ1) is 9.74.